The number of amides is 2. The van der Waals surface area contributed by atoms with Crippen LogP contribution in [-0.4, -0.2) is 34.0 Å². The zero-order valence-corrected chi connectivity index (χ0v) is 16.0. The Morgan fingerprint density at radius 1 is 1.22 bits per heavy atom. The molecular weight excluding hydrogens is 376 g/mol. The number of hydrogen-bond acceptors (Lipinski definition) is 5. The lowest BCUT2D eigenvalue weighted by molar-refractivity contribution is 0.0225. The third kappa shape index (κ3) is 4.79. The Morgan fingerprint density at radius 3 is 2.52 bits per heavy atom. The molecule has 0 saturated carbocycles. The van der Waals surface area contributed by atoms with Gasteiger partial charge in [-0.25, -0.2) is 18.6 Å². The predicted molar refractivity (Wildman–Crippen MR) is 96.8 cm³/mol. The average Bonchev–Trinajstić information content (AvgIpc) is 2.93. The van der Waals surface area contributed by atoms with Gasteiger partial charge in [-0.05, 0) is 32.9 Å². The third-order valence-corrected chi connectivity index (χ3v) is 4.73. The zero-order chi connectivity index (χ0) is 19.8. The molecule has 0 atom stereocenters. The zero-order valence-electron chi connectivity index (χ0n) is 15.1. The molecule has 1 aliphatic rings. The Morgan fingerprint density at radius 2 is 1.89 bits per heavy atom. The van der Waals surface area contributed by atoms with Crippen LogP contribution < -0.4 is 5.32 Å². The minimum absolute atomic E-state index is 0.129. The third-order valence-electron chi connectivity index (χ3n) is 3.73. The molecule has 2 heterocycles. The van der Waals surface area contributed by atoms with Crippen molar-refractivity contribution in [2.75, 3.05) is 11.9 Å². The van der Waals surface area contributed by atoms with Crippen molar-refractivity contribution in [2.45, 2.75) is 39.3 Å². The smallest absolute Gasteiger partial charge is 0.410 e. The van der Waals surface area contributed by atoms with Crippen LogP contribution in [0.5, 0.6) is 0 Å². The van der Waals surface area contributed by atoms with Crippen LogP contribution in [0.25, 0.3) is 0 Å². The summed E-state index contributed by atoms with van der Waals surface area (Å²) in [4.78, 5) is 31.2. The largest absolute Gasteiger partial charge is 0.444 e. The van der Waals surface area contributed by atoms with Gasteiger partial charge in [0.1, 0.15) is 17.2 Å². The first-order chi connectivity index (χ1) is 12.6. The molecule has 0 radical (unpaired) electrons. The van der Waals surface area contributed by atoms with Gasteiger partial charge < -0.3 is 9.64 Å². The number of aromatic nitrogens is 1. The number of nitrogens with zero attached hydrogens (tertiary/aromatic N) is 2. The van der Waals surface area contributed by atoms with Crippen molar-refractivity contribution >= 4 is 28.5 Å². The monoisotopic (exact) mass is 395 g/mol. The maximum absolute atomic E-state index is 13.3. The molecule has 1 aromatic heterocycles. The van der Waals surface area contributed by atoms with Gasteiger partial charge in [-0.2, -0.15) is 0 Å². The highest BCUT2D eigenvalue weighted by molar-refractivity contribution is 7.15. The van der Waals surface area contributed by atoms with E-state index < -0.39 is 29.2 Å². The van der Waals surface area contributed by atoms with E-state index in [0.29, 0.717) is 30.7 Å². The van der Waals surface area contributed by atoms with E-state index in [1.807, 2.05) is 0 Å². The number of benzene rings is 1. The number of thiazole rings is 1. The molecular formula is C18H19F2N3O3S. The summed E-state index contributed by atoms with van der Waals surface area (Å²) >= 11 is 1.23. The molecule has 6 nitrogen and oxygen atoms in total. The van der Waals surface area contributed by atoms with E-state index in [1.165, 1.54) is 11.3 Å². The van der Waals surface area contributed by atoms with Gasteiger partial charge in [0.2, 0.25) is 0 Å². The predicted octanol–water partition coefficient (Wildman–Crippen LogP) is 3.97. The minimum atomic E-state index is -0.827. The van der Waals surface area contributed by atoms with Crippen LogP contribution in [0, 0.1) is 11.6 Å². The number of carbonyl (C=O) groups is 2. The van der Waals surface area contributed by atoms with E-state index >= 15 is 0 Å². The van der Waals surface area contributed by atoms with Gasteiger partial charge in [0.25, 0.3) is 5.91 Å². The van der Waals surface area contributed by atoms with Crippen LogP contribution in [0.2, 0.25) is 0 Å². The fraction of sp³-hybridized carbons (Fsp3) is 0.389. The van der Waals surface area contributed by atoms with Crippen molar-refractivity contribution < 1.29 is 23.1 Å². The molecule has 27 heavy (non-hydrogen) atoms. The van der Waals surface area contributed by atoms with Gasteiger partial charge in [0, 0.05) is 29.5 Å². The average molecular weight is 395 g/mol. The molecule has 0 bridgehead atoms. The Kier molecular flexibility index (Phi) is 5.14. The van der Waals surface area contributed by atoms with E-state index in [2.05, 4.69) is 10.3 Å². The highest BCUT2D eigenvalue weighted by atomic mass is 32.1. The van der Waals surface area contributed by atoms with Crippen molar-refractivity contribution in [2.24, 2.45) is 0 Å². The number of nitrogens with one attached hydrogen (secondary N) is 1. The summed E-state index contributed by atoms with van der Waals surface area (Å²) in [5.41, 5.74) is 0.0846. The summed E-state index contributed by atoms with van der Waals surface area (Å²) in [7, 11) is 0. The van der Waals surface area contributed by atoms with Crippen LogP contribution in [0.15, 0.2) is 18.2 Å². The highest BCUT2D eigenvalue weighted by Crippen LogP contribution is 2.29. The van der Waals surface area contributed by atoms with E-state index in [-0.39, 0.29) is 5.56 Å². The Bertz CT molecular complexity index is 872. The van der Waals surface area contributed by atoms with Crippen LogP contribution in [-0.2, 0) is 17.7 Å². The van der Waals surface area contributed by atoms with Crippen LogP contribution >= 0.6 is 11.3 Å². The summed E-state index contributed by atoms with van der Waals surface area (Å²) in [5.74, 6) is -2.30. The molecule has 1 N–H and O–H groups in total. The molecule has 0 fully saturated rings. The number of hydrogen-bond donors (Lipinski definition) is 1. The van der Waals surface area contributed by atoms with E-state index in [4.69, 9.17) is 4.74 Å². The second kappa shape index (κ2) is 7.22. The van der Waals surface area contributed by atoms with Crippen LogP contribution in [0.4, 0.5) is 18.7 Å². The van der Waals surface area contributed by atoms with Crippen molar-refractivity contribution in [3.8, 4) is 0 Å². The maximum Gasteiger partial charge on any atom is 0.410 e. The first-order valence-electron chi connectivity index (χ1n) is 8.35. The van der Waals surface area contributed by atoms with Crippen LogP contribution in [0.1, 0.15) is 41.7 Å². The van der Waals surface area contributed by atoms with Gasteiger partial charge in [0.05, 0.1) is 12.2 Å². The van der Waals surface area contributed by atoms with Crippen molar-refractivity contribution in [1.29, 1.82) is 0 Å². The second-order valence-corrected chi connectivity index (χ2v) is 8.24. The Labute approximate surface area is 159 Å². The highest BCUT2D eigenvalue weighted by Gasteiger charge is 2.28. The summed E-state index contributed by atoms with van der Waals surface area (Å²) in [6, 6.07) is 2.61. The molecule has 144 valence electrons. The summed E-state index contributed by atoms with van der Waals surface area (Å²) < 4.78 is 31.9. The number of ether oxygens (including phenoxy) is 1. The molecule has 0 unspecified atom stereocenters. The second-order valence-electron chi connectivity index (χ2n) is 7.15. The first kappa shape index (κ1) is 19.2. The quantitative estimate of drug-likeness (QED) is 0.835. The topological polar surface area (TPSA) is 71.5 Å². The number of anilines is 1. The van der Waals surface area contributed by atoms with Gasteiger partial charge in [-0.1, -0.05) is 11.3 Å². The lowest BCUT2D eigenvalue weighted by atomic mass is 10.2. The molecule has 0 aliphatic carbocycles. The van der Waals surface area contributed by atoms with Gasteiger partial charge >= 0.3 is 6.09 Å². The standard InChI is InChI=1S/C18H19F2N3O3S/c1-18(2,3)26-17(25)23-5-4-13-14(9-23)27-16(21-13)22-15(24)10-6-11(19)8-12(20)7-10/h6-8H,4-5,9H2,1-3H3,(H,21,22,24). The Hall–Kier alpha value is -2.55. The molecule has 0 saturated heterocycles. The van der Waals surface area contributed by atoms with E-state index in [9.17, 15) is 18.4 Å². The molecule has 0 spiro atoms. The van der Waals surface area contributed by atoms with E-state index in [0.717, 1.165) is 22.7 Å². The molecule has 1 aromatic carbocycles. The van der Waals surface area contributed by atoms with Crippen molar-refractivity contribution in [3.63, 3.8) is 0 Å². The summed E-state index contributed by atoms with van der Waals surface area (Å²) in [6.45, 7) is 6.21. The molecule has 3 rings (SSSR count). The number of carbonyl (C=O) groups excluding carboxylic acids is 2. The number of halogens is 2. The van der Waals surface area contributed by atoms with Gasteiger partial charge in [0.15, 0.2) is 5.13 Å². The summed E-state index contributed by atoms with van der Waals surface area (Å²) in [5, 5.41) is 2.87. The number of rotatable bonds is 2. The first-order valence-corrected chi connectivity index (χ1v) is 9.16. The molecule has 1 aliphatic heterocycles. The molecule has 2 amide bonds. The van der Waals surface area contributed by atoms with Crippen LogP contribution in [0.3, 0.4) is 0 Å². The van der Waals surface area contributed by atoms with Crippen molar-refractivity contribution in [1.82, 2.24) is 9.88 Å². The minimum Gasteiger partial charge on any atom is -0.444 e. The van der Waals surface area contributed by atoms with Crippen molar-refractivity contribution in [3.05, 3.63) is 46.0 Å². The maximum atomic E-state index is 13.3. The molecule has 9 heteroatoms. The molecule has 2 aromatic rings. The normalized spacial score (nSPS) is 13.9. The lowest BCUT2D eigenvalue weighted by Crippen LogP contribution is -2.39. The van der Waals surface area contributed by atoms with Gasteiger partial charge in [-0.3, -0.25) is 10.1 Å². The number of fused-ring (bicyclic) bond motifs is 1. The fourth-order valence-electron chi connectivity index (χ4n) is 2.59. The Balaban J connectivity index is 1.69. The van der Waals surface area contributed by atoms with Gasteiger partial charge in [-0.15, -0.1) is 0 Å². The SMILES string of the molecule is CC(C)(C)OC(=O)N1CCc2nc(NC(=O)c3cc(F)cc(F)c3)sc2C1. The lowest BCUT2D eigenvalue weighted by Gasteiger charge is -2.29. The fourth-order valence-corrected chi connectivity index (χ4v) is 3.60. The summed E-state index contributed by atoms with van der Waals surface area (Å²) in [6.07, 6.45) is 0.137. The van der Waals surface area contributed by atoms with E-state index in [1.54, 1.807) is 25.7 Å².